The normalized spacial score (nSPS) is 8.50. The Balaban J connectivity index is 0.000000364. The lowest BCUT2D eigenvalue weighted by atomic mass is 10.1. The van der Waals surface area contributed by atoms with Gasteiger partial charge in [0.2, 0.25) is 0 Å². The average molecular weight is 209 g/mol. The van der Waals surface area contributed by atoms with E-state index in [0.717, 1.165) is 11.1 Å². The topological polar surface area (TPSA) is 0 Å². The number of alkyl halides is 1. The molecule has 0 saturated heterocycles. The average Bonchev–Trinajstić information content (AvgIpc) is 2.17. The third-order valence-corrected chi connectivity index (χ3v) is 1.67. The molecule has 0 spiro atoms. The Hall–Kier alpha value is -1.01. The van der Waals surface area contributed by atoms with Crippen LogP contribution >= 0.6 is 11.6 Å². The molecule has 1 aromatic rings. The lowest BCUT2D eigenvalue weighted by Gasteiger charge is -1.98. The van der Waals surface area contributed by atoms with E-state index in [0.29, 0.717) is 5.88 Å². The van der Waals surface area contributed by atoms with Crippen molar-refractivity contribution >= 4 is 17.2 Å². The van der Waals surface area contributed by atoms with Gasteiger partial charge in [-0.1, -0.05) is 42.5 Å². The molecule has 0 nitrogen and oxygen atoms in total. The molecule has 0 aliphatic heterocycles. The van der Waals surface area contributed by atoms with Crippen LogP contribution in [0.1, 0.15) is 19.4 Å². The molecule has 76 valence electrons. The molecular formula is C13H17Cl. The molecule has 0 bridgehead atoms. The second-order valence-electron chi connectivity index (χ2n) is 3.31. The van der Waals surface area contributed by atoms with Crippen molar-refractivity contribution in [1.82, 2.24) is 0 Å². The van der Waals surface area contributed by atoms with E-state index in [2.05, 4.69) is 13.2 Å². The van der Waals surface area contributed by atoms with Gasteiger partial charge in [0.05, 0.1) is 0 Å². The van der Waals surface area contributed by atoms with Crippen molar-refractivity contribution in [3.05, 3.63) is 54.6 Å². The molecular weight excluding hydrogens is 192 g/mol. The minimum absolute atomic E-state index is 0.504. The van der Waals surface area contributed by atoms with Gasteiger partial charge >= 0.3 is 0 Å². The van der Waals surface area contributed by atoms with Crippen molar-refractivity contribution < 1.29 is 0 Å². The van der Waals surface area contributed by atoms with Gasteiger partial charge in [0.15, 0.2) is 0 Å². The first-order valence-corrected chi connectivity index (χ1v) is 5.02. The fourth-order valence-electron chi connectivity index (χ4n) is 0.751. The molecule has 0 N–H and O–H groups in total. The quantitative estimate of drug-likeness (QED) is 0.495. The predicted molar refractivity (Wildman–Crippen MR) is 66.7 cm³/mol. The van der Waals surface area contributed by atoms with Crippen molar-refractivity contribution in [3.63, 3.8) is 0 Å². The molecule has 0 atom stereocenters. The third-order valence-electron chi connectivity index (χ3n) is 1.34. The Morgan fingerprint density at radius 2 is 1.57 bits per heavy atom. The zero-order valence-corrected chi connectivity index (χ0v) is 9.64. The van der Waals surface area contributed by atoms with Crippen LogP contribution in [0.5, 0.6) is 0 Å². The molecule has 14 heavy (non-hydrogen) atoms. The van der Waals surface area contributed by atoms with Crippen LogP contribution in [0.3, 0.4) is 0 Å². The maximum atomic E-state index is 5.59. The minimum atomic E-state index is 0.504. The summed E-state index contributed by atoms with van der Waals surface area (Å²) in [5, 5.41) is 0. The number of halogens is 1. The minimum Gasteiger partial charge on any atom is -0.122 e. The fourth-order valence-corrected chi connectivity index (χ4v) is 0.905. The van der Waals surface area contributed by atoms with Gasteiger partial charge in [0.1, 0.15) is 0 Å². The molecule has 0 heterocycles. The van der Waals surface area contributed by atoms with Crippen LogP contribution in [0.2, 0.25) is 0 Å². The van der Waals surface area contributed by atoms with Crippen LogP contribution in [0.15, 0.2) is 49.1 Å². The second kappa shape index (κ2) is 7.40. The summed E-state index contributed by atoms with van der Waals surface area (Å²) in [6.07, 6.45) is 0. The van der Waals surface area contributed by atoms with Crippen molar-refractivity contribution in [2.45, 2.75) is 13.8 Å². The molecule has 1 heteroatoms. The van der Waals surface area contributed by atoms with Crippen LogP contribution in [0.4, 0.5) is 0 Å². The van der Waals surface area contributed by atoms with Gasteiger partial charge in [0, 0.05) is 5.88 Å². The van der Waals surface area contributed by atoms with Gasteiger partial charge in [-0.15, -0.1) is 18.2 Å². The zero-order valence-electron chi connectivity index (χ0n) is 8.89. The van der Waals surface area contributed by atoms with E-state index in [-0.39, 0.29) is 0 Å². The number of allylic oxidation sites excluding steroid dienone is 2. The summed E-state index contributed by atoms with van der Waals surface area (Å²) >= 11 is 5.59. The summed E-state index contributed by atoms with van der Waals surface area (Å²) in [5.41, 5.74) is 3.26. The van der Waals surface area contributed by atoms with E-state index < -0.39 is 0 Å². The number of benzene rings is 1. The lowest BCUT2D eigenvalue weighted by Crippen LogP contribution is -1.80. The van der Waals surface area contributed by atoms with Gasteiger partial charge < -0.3 is 0 Å². The Morgan fingerprint density at radius 1 is 1.14 bits per heavy atom. The van der Waals surface area contributed by atoms with E-state index in [9.17, 15) is 0 Å². The maximum Gasteiger partial charge on any atom is 0.0474 e. The number of hydrogen-bond acceptors (Lipinski definition) is 0. The van der Waals surface area contributed by atoms with Gasteiger partial charge in [-0.2, -0.15) is 0 Å². The van der Waals surface area contributed by atoms with Crippen molar-refractivity contribution in [2.75, 3.05) is 5.88 Å². The van der Waals surface area contributed by atoms with E-state index >= 15 is 0 Å². The summed E-state index contributed by atoms with van der Waals surface area (Å²) in [4.78, 5) is 0. The summed E-state index contributed by atoms with van der Waals surface area (Å²) in [5.74, 6) is 0.504. The van der Waals surface area contributed by atoms with Crippen LogP contribution in [0.25, 0.3) is 5.57 Å². The van der Waals surface area contributed by atoms with Crippen LogP contribution in [-0.2, 0) is 0 Å². The van der Waals surface area contributed by atoms with E-state index in [4.69, 9.17) is 11.6 Å². The summed E-state index contributed by atoms with van der Waals surface area (Å²) in [6, 6.07) is 9.95. The van der Waals surface area contributed by atoms with Crippen molar-refractivity contribution in [3.8, 4) is 0 Å². The predicted octanol–water partition coefficient (Wildman–Crippen LogP) is 4.52. The monoisotopic (exact) mass is 208 g/mol. The SMILES string of the molecule is C=C(C)C.C=C(CCl)c1ccccc1. The standard InChI is InChI=1S/C9H9Cl.C4H8/c1-8(7-10)9-5-3-2-4-6-9;1-4(2)3/h2-6H,1,7H2;1H2,2-3H3. The zero-order chi connectivity index (χ0) is 11.0. The van der Waals surface area contributed by atoms with Crippen molar-refractivity contribution in [1.29, 1.82) is 0 Å². The highest BCUT2D eigenvalue weighted by atomic mass is 35.5. The smallest absolute Gasteiger partial charge is 0.0474 e. The number of rotatable bonds is 2. The Morgan fingerprint density at radius 3 is 1.93 bits per heavy atom. The Bertz CT molecular complexity index is 281. The molecule has 1 rings (SSSR count). The van der Waals surface area contributed by atoms with Gasteiger partial charge in [0.25, 0.3) is 0 Å². The molecule has 0 fully saturated rings. The van der Waals surface area contributed by atoms with E-state index in [1.54, 1.807) is 0 Å². The maximum absolute atomic E-state index is 5.59. The Labute approximate surface area is 91.9 Å². The molecule has 1 aromatic carbocycles. The second-order valence-corrected chi connectivity index (χ2v) is 3.58. The van der Waals surface area contributed by atoms with E-state index in [1.165, 1.54) is 5.57 Å². The van der Waals surface area contributed by atoms with Crippen LogP contribution < -0.4 is 0 Å². The molecule has 0 aliphatic carbocycles. The highest BCUT2D eigenvalue weighted by Crippen LogP contribution is 2.11. The molecule has 0 aliphatic rings. The van der Waals surface area contributed by atoms with Gasteiger partial charge in [-0.3, -0.25) is 0 Å². The van der Waals surface area contributed by atoms with Crippen LogP contribution in [0, 0.1) is 0 Å². The summed E-state index contributed by atoms with van der Waals surface area (Å²) in [7, 11) is 0. The lowest BCUT2D eigenvalue weighted by molar-refractivity contribution is 1.42. The first-order valence-electron chi connectivity index (χ1n) is 4.49. The first kappa shape index (κ1) is 13.0. The third kappa shape index (κ3) is 6.50. The fraction of sp³-hybridized carbons (Fsp3) is 0.231. The highest BCUT2D eigenvalue weighted by molar-refractivity contribution is 6.23. The van der Waals surface area contributed by atoms with Gasteiger partial charge in [-0.25, -0.2) is 0 Å². The molecule has 0 unspecified atom stereocenters. The highest BCUT2D eigenvalue weighted by Gasteiger charge is 1.92. The largest absolute Gasteiger partial charge is 0.122 e. The molecule has 0 radical (unpaired) electrons. The molecule has 0 amide bonds. The summed E-state index contributed by atoms with van der Waals surface area (Å²) < 4.78 is 0. The Kier molecular flexibility index (Phi) is 6.87. The number of hydrogen-bond donors (Lipinski definition) is 0. The molecule has 0 saturated carbocycles. The first-order chi connectivity index (χ1) is 6.57. The molecule has 0 aromatic heterocycles. The van der Waals surface area contributed by atoms with Crippen LogP contribution in [-0.4, -0.2) is 5.88 Å². The van der Waals surface area contributed by atoms with Crippen molar-refractivity contribution in [2.24, 2.45) is 0 Å². The van der Waals surface area contributed by atoms with Gasteiger partial charge in [-0.05, 0) is 25.0 Å². The van der Waals surface area contributed by atoms with E-state index in [1.807, 2.05) is 44.2 Å². The summed E-state index contributed by atoms with van der Waals surface area (Å²) in [6.45, 7) is 11.3.